The summed E-state index contributed by atoms with van der Waals surface area (Å²) in [7, 11) is 0. The van der Waals surface area contributed by atoms with Crippen molar-refractivity contribution in [1.29, 1.82) is 0 Å². The highest BCUT2D eigenvalue weighted by Gasteiger charge is 2.21. The fourth-order valence-corrected chi connectivity index (χ4v) is 4.37. The van der Waals surface area contributed by atoms with Crippen molar-refractivity contribution >= 4 is 11.3 Å². The van der Waals surface area contributed by atoms with Crippen LogP contribution in [0.25, 0.3) is 0 Å². The summed E-state index contributed by atoms with van der Waals surface area (Å²) >= 11 is 2.01. The second-order valence-electron chi connectivity index (χ2n) is 7.23. The van der Waals surface area contributed by atoms with Crippen LogP contribution in [0.15, 0.2) is 12.1 Å². The van der Waals surface area contributed by atoms with Crippen molar-refractivity contribution in [3.63, 3.8) is 0 Å². The van der Waals surface area contributed by atoms with Gasteiger partial charge in [0.1, 0.15) is 0 Å². The van der Waals surface area contributed by atoms with Crippen LogP contribution < -0.4 is 5.32 Å². The second-order valence-corrected chi connectivity index (χ2v) is 8.49. The van der Waals surface area contributed by atoms with Gasteiger partial charge in [-0.2, -0.15) is 0 Å². The number of nitrogens with one attached hydrogen (secondary N) is 1. The van der Waals surface area contributed by atoms with Crippen LogP contribution in [0.3, 0.4) is 0 Å². The van der Waals surface area contributed by atoms with E-state index in [9.17, 15) is 0 Å². The molecule has 0 amide bonds. The molecule has 1 N–H and O–H groups in total. The average Bonchev–Trinajstić information content (AvgIpc) is 3.22. The Bertz CT molecular complexity index is 436. The van der Waals surface area contributed by atoms with E-state index in [1.54, 1.807) is 4.88 Å². The van der Waals surface area contributed by atoms with Gasteiger partial charge in [-0.25, -0.2) is 0 Å². The third-order valence-corrected chi connectivity index (χ3v) is 6.12. The summed E-state index contributed by atoms with van der Waals surface area (Å²) < 4.78 is 0. The Kier molecular flexibility index (Phi) is 5.36. The van der Waals surface area contributed by atoms with Gasteiger partial charge in [-0.1, -0.05) is 13.8 Å². The molecule has 1 aliphatic heterocycles. The lowest BCUT2D eigenvalue weighted by atomic mass is 9.89. The fourth-order valence-electron chi connectivity index (χ4n) is 3.36. The highest BCUT2D eigenvalue weighted by Crippen LogP contribution is 2.27. The monoisotopic (exact) mass is 306 g/mol. The molecule has 2 fully saturated rings. The lowest BCUT2D eigenvalue weighted by Gasteiger charge is -2.20. The van der Waals surface area contributed by atoms with Crippen molar-refractivity contribution in [3.05, 3.63) is 21.9 Å². The van der Waals surface area contributed by atoms with E-state index in [0.29, 0.717) is 0 Å². The van der Waals surface area contributed by atoms with Gasteiger partial charge >= 0.3 is 0 Å². The number of thiophene rings is 1. The van der Waals surface area contributed by atoms with E-state index in [1.165, 1.54) is 56.6 Å². The Morgan fingerprint density at radius 3 is 2.71 bits per heavy atom. The molecule has 21 heavy (non-hydrogen) atoms. The van der Waals surface area contributed by atoms with Gasteiger partial charge in [0.2, 0.25) is 0 Å². The van der Waals surface area contributed by atoms with Crippen LogP contribution in [0.4, 0.5) is 0 Å². The van der Waals surface area contributed by atoms with E-state index >= 15 is 0 Å². The molecule has 1 saturated heterocycles. The quantitative estimate of drug-likeness (QED) is 0.845. The Labute approximate surface area is 133 Å². The maximum atomic E-state index is 3.61. The van der Waals surface area contributed by atoms with Gasteiger partial charge in [-0.05, 0) is 69.2 Å². The third kappa shape index (κ3) is 4.80. The normalized spacial score (nSPS) is 24.4. The Morgan fingerprint density at radius 2 is 1.95 bits per heavy atom. The zero-order valence-corrected chi connectivity index (χ0v) is 14.4. The maximum Gasteiger partial charge on any atom is 0.0328 e. The average molecular weight is 307 g/mol. The summed E-state index contributed by atoms with van der Waals surface area (Å²) in [4.78, 5) is 5.73. The lowest BCUT2D eigenvalue weighted by molar-refractivity contribution is 0.267. The van der Waals surface area contributed by atoms with Gasteiger partial charge in [-0.15, -0.1) is 11.3 Å². The summed E-state index contributed by atoms with van der Waals surface area (Å²) in [6.45, 7) is 9.59. The van der Waals surface area contributed by atoms with E-state index in [-0.39, 0.29) is 0 Å². The van der Waals surface area contributed by atoms with Crippen LogP contribution in [0.1, 0.15) is 55.7 Å². The molecule has 1 aromatic heterocycles. The molecule has 1 unspecified atom stereocenters. The number of rotatable bonds is 6. The summed E-state index contributed by atoms with van der Waals surface area (Å²) in [6.07, 6.45) is 6.95. The molecule has 0 aromatic carbocycles. The van der Waals surface area contributed by atoms with E-state index in [2.05, 4.69) is 36.2 Å². The fraction of sp³-hybridized carbons (Fsp3) is 0.778. The van der Waals surface area contributed by atoms with E-state index in [4.69, 9.17) is 0 Å². The van der Waals surface area contributed by atoms with E-state index in [0.717, 1.165) is 24.4 Å². The van der Waals surface area contributed by atoms with E-state index in [1.807, 2.05) is 11.3 Å². The molecule has 1 saturated carbocycles. The zero-order valence-electron chi connectivity index (χ0n) is 13.6. The molecule has 0 radical (unpaired) electrons. The van der Waals surface area contributed by atoms with Crippen molar-refractivity contribution < 1.29 is 0 Å². The van der Waals surface area contributed by atoms with Gasteiger partial charge < -0.3 is 5.32 Å². The first-order chi connectivity index (χ1) is 10.2. The Balaban J connectivity index is 1.46. The van der Waals surface area contributed by atoms with Crippen LogP contribution in [0.2, 0.25) is 0 Å². The molecular weight excluding hydrogens is 276 g/mol. The number of hydrogen-bond acceptors (Lipinski definition) is 3. The minimum absolute atomic E-state index is 0.814. The van der Waals surface area contributed by atoms with Gasteiger partial charge in [0.15, 0.2) is 0 Å². The van der Waals surface area contributed by atoms with Crippen LogP contribution in [-0.4, -0.2) is 24.0 Å². The lowest BCUT2D eigenvalue weighted by Crippen LogP contribution is -2.24. The van der Waals surface area contributed by atoms with Gasteiger partial charge in [-0.3, -0.25) is 4.90 Å². The molecule has 3 rings (SSSR count). The maximum absolute atomic E-state index is 3.61. The molecule has 3 heteroatoms. The molecule has 118 valence electrons. The van der Waals surface area contributed by atoms with Gasteiger partial charge in [0.25, 0.3) is 0 Å². The topological polar surface area (TPSA) is 15.3 Å². The minimum Gasteiger partial charge on any atom is -0.309 e. The molecule has 1 aromatic rings. The highest BCUT2D eigenvalue weighted by molar-refractivity contribution is 7.11. The summed E-state index contributed by atoms with van der Waals surface area (Å²) in [5, 5.41) is 3.61. The molecule has 1 atom stereocenters. The van der Waals surface area contributed by atoms with E-state index < -0.39 is 0 Å². The highest BCUT2D eigenvalue weighted by atomic mass is 32.1. The summed E-state index contributed by atoms with van der Waals surface area (Å²) in [6, 6.07) is 5.48. The number of hydrogen-bond donors (Lipinski definition) is 1. The van der Waals surface area contributed by atoms with Crippen LogP contribution >= 0.6 is 11.3 Å². The molecule has 2 nitrogen and oxygen atoms in total. The molecule has 0 bridgehead atoms. The predicted octanol–water partition coefficient (Wildman–Crippen LogP) is 4.26. The molecule has 2 aliphatic rings. The molecule has 1 aliphatic carbocycles. The first-order valence-electron chi connectivity index (χ1n) is 8.74. The number of nitrogens with zero attached hydrogens (tertiary/aromatic N) is 1. The second kappa shape index (κ2) is 7.26. The first-order valence-corrected chi connectivity index (χ1v) is 9.55. The summed E-state index contributed by atoms with van der Waals surface area (Å²) in [5.41, 5.74) is 0. The van der Waals surface area contributed by atoms with Crippen molar-refractivity contribution in [1.82, 2.24) is 10.2 Å². The molecule has 2 heterocycles. The predicted molar refractivity (Wildman–Crippen MR) is 91.6 cm³/mol. The van der Waals surface area contributed by atoms with Gasteiger partial charge in [0.05, 0.1) is 0 Å². The number of likely N-dealkylation sites (tertiary alicyclic amines) is 1. The smallest absolute Gasteiger partial charge is 0.0328 e. The third-order valence-electron chi connectivity index (χ3n) is 5.05. The SMILES string of the molecule is CC(C)C1CCCN(Cc2ccc(CNC3CC3)s2)CC1. The van der Waals surface area contributed by atoms with Gasteiger partial charge in [0, 0.05) is 28.9 Å². The largest absolute Gasteiger partial charge is 0.309 e. The Morgan fingerprint density at radius 1 is 1.14 bits per heavy atom. The zero-order chi connectivity index (χ0) is 14.7. The van der Waals surface area contributed by atoms with Crippen molar-refractivity contribution in [3.8, 4) is 0 Å². The molecule has 0 spiro atoms. The van der Waals surface area contributed by atoms with Crippen LogP contribution in [0, 0.1) is 11.8 Å². The minimum atomic E-state index is 0.814. The summed E-state index contributed by atoms with van der Waals surface area (Å²) in [5.74, 6) is 1.79. The standard InChI is InChI=1S/C18H30N2S/c1-14(2)15-4-3-10-20(11-9-15)13-18-8-7-17(21-18)12-19-16-5-6-16/h7-8,14-16,19H,3-6,9-13H2,1-2H3. The van der Waals surface area contributed by atoms with Crippen LogP contribution in [-0.2, 0) is 13.1 Å². The first kappa shape index (κ1) is 15.5. The van der Waals surface area contributed by atoms with Crippen molar-refractivity contribution in [2.24, 2.45) is 11.8 Å². The molecular formula is C18H30N2S. The van der Waals surface area contributed by atoms with Crippen molar-refractivity contribution in [2.75, 3.05) is 13.1 Å². The van der Waals surface area contributed by atoms with Crippen molar-refractivity contribution in [2.45, 2.75) is 65.1 Å². The Hall–Kier alpha value is -0.380. The van der Waals surface area contributed by atoms with Crippen LogP contribution in [0.5, 0.6) is 0 Å².